The van der Waals surface area contributed by atoms with Crippen LogP contribution in [0.15, 0.2) is 22.7 Å². The van der Waals surface area contributed by atoms with E-state index in [0.29, 0.717) is 23.0 Å². The van der Waals surface area contributed by atoms with Crippen molar-refractivity contribution in [3.63, 3.8) is 0 Å². The molecule has 0 amide bonds. The van der Waals surface area contributed by atoms with E-state index < -0.39 is 0 Å². The van der Waals surface area contributed by atoms with Gasteiger partial charge >= 0.3 is 0 Å². The van der Waals surface area contributed by atoms with Gasteiger partial charge in [0.15, 0.2) is 0 Å². The maximum Gasteiger partial charge on any atom is 0.142 e. The predicted molar refractivity (Wildman–Crippen MR) is 59.3 cm³/mol. The molecule has 0 spiro atoms. The van der Waals surface area contributed by atoms with Gasteiger partial charge in [-0.05, 0) is 41.4 Å². The van der Waals surface area contributed by atoms with Crippen molar-refractivity contribution < 1.29 is 4.39 Å². The van der Waals surface area contributed by atoms with Crippen molar-refractivity contribution in [1.82, 2.24) is 0 Å². The zero-order valence-electron chi connectivity index (χ0n) is 7.84. The number of hydrogen-bond acceptors (Lipinski definition) is 2. The molecule has 4 N–H and O–H groups in total. The van der Waals surface area contributed by atoms with Crippen LogP contribution in [0, 0.1) is 5.82 Å². The molecule has 0 saturated carbocycles. The van der Waals surface area contributed by atoms with Gasteiger partial charge in [-0.15, -0.1) is 0 Å². The maximum absolute atomic E-state index is 13.5. The van der Waals surface area contributed by atoms with E-state index in [1.54, 1.807) is 18.2 Å². The summed E-state index contributed by atoms with van der Waals surface area (Å²) in [6, 6.07) is 4.89. The van der Waals surface area contributed by atoms with Crippen molar-refractivity contribution in [1.29, 1.82) is 0 Å². The molecule has 0 aromatic heterocycles. The Balaban J connectivity index is 2.79. The van der Waals surface area contributed by atoms with Gasteiger partial charge in [0.1, 0.15) is 5.82 Å². The highest BCUT2D eigenvalue weighted by atomic mass is 79.9. The summed E-state index contributed by atoms with van der Waals surface area (Å²) in [5.41, 5.74) is 11.7. The SMILES string of the molecule is NCCC[C@H](N)c1cccc(Br)c1F. The highest BCUT2D eigenvalue weighted by molar-refractivity contribution is 9.10. The Bertz CT molecular complexity index is 304. The van der Waals surface area contributed by atoms with Gasteiger partial charge in [-0.2, -0.15) is 0 Å². The Kier molecular flexibility index (Phi) is 4.51. The van der Waals surface area contributed by atoms with Gasteiger partial charge < -0.3 is 11.5 Å². The van der Waals surface area contributed by atoms with Crippen molar-refractivity contribution in [2.24, 2.45) is 11.5 Å². The summed E-state index contributed by atoms with van der Waals surface area (Å²) in [6.07, 6.45) is 1.52. The normalized spacial score (nSPS) is 12.9. The van der Waals surface area contributed by atoms with E-state index in [4.69, 9.17) is 11.5 Å². The molecule has 0 aliphatic heterocycles. The third-order valence-electron chi connectivity index (χ3n) is 2.10. The van der Waals surface area contributed by atoms with Gasteiger partial charge in [-0.25, -0.2) is 4.39 Å². The highest BCUT2D eigenvalue weighted by Gasteiger charge is 2.12. The number of benzene rings is 1. The van der Waals surface area contributed by atoms with Crippen LogP contribution in [0.3, 0.4) is 0 Å². The second-order valence-electron chi connectivity index (χ2n) is 3.18. The summed E-state index contributed by atoms with van der Waals surface area (Å²) >= 11 is 3.13. The lowest BCUT2D eigenvalue weighted by Crippen LogP contribution is -2.14. The van der Waals surface area contributed by atoms with Crippen molar-refractivity contribution in [3.8, 4) is 0 Å². The molecule has 1 aromatic carbocycles. The molecule has 1 atom stereocenters. The van der Waals surface area contributed by atoms with Crippen LogP contribution in [0.1, 0.15) is 24.4 Å². The molecule has 0 saturated heterocycles. The van der Waals surface area contributed by atoms with Crippen molar-refractivity contribution in [3.05, 3.63) is 34.1 Å². The fraction of sp³-hybridized carbons (Fsp3) is 0.400. The summed E-state index contributed by atoms with van der Waals surface area (Å²) in [5, 5.41) is 0. The molecule has 1 rings (SSSR count). The number of nitrogens with two attached hydrogens (primary N) is 2. The van der Waals surface area contributed by atoms with Crippen LogP contribution >= 0.6 is 15.9 Å². The van der Waals surface area contributed by atoms with E-state index in [0.717, 1.165) is 6.42 Å². The lowest BCUT2D eigenvalue weighted by molar-refractivity contribution is 0.549. The summed E-state index contributed by atoms with van der Waals surface area (Å²) in [7, 11) is 0. The second-order valence-corrected chi connectivity index (χ2v) is 4.03. The minimum Gasteiger partial charge on any atom is -0.330 e. The number of rotatable bonds is 4. The second kappa shape index (κ2) is 5.44. The summed E-state index contributed by atoms with van der Waals surface area (Å²) in [4.78, 5) is 0. The Morgan fingerprint density at radius 2 is 2.14 bits per heavy atom. The van der Waals surface area contributed by atoms with Crippen LogP contribution in [0.5, 0.6) is 0 Å². The summed E-state index contributed by atoms with van der Waals surface area (Å²) < 4.78 is 14.0. The quantitative estimate of drug-likeness (QED) is 0.873. The molecule has 0 aliphatic carbocycles. The van der Waals surface area contributed by atoms with E-state index in [-0.39, 0.29) is 11.9 Å². The third-order valence-corrected chi connectivity index (χ3v) is 2.71. The van der Waals surface area contributed by atoms with Gasteiger partial charge in [0.05, 0.1) is 4.47 Å². The molecule has 14 heavy (non-hydrogen) atoms. The minimum absolute atomic E-state index is 0.267. The topological polar surface area (TPSA) is 52.0 Å². The Morgan fingerprint density at radius 3 is 2.79 bits per heavy atom. The van der Waals surface area contributed by atoms with Crippen molar-refractivity contribution >= 4 is 15.9 Å². The molecule has 0 radical (unpaired) electrons. The largest absolute Gasteiger partial charge is 0.330 e. The van der Waals surface area contributed by atoms with Gasteiger partial charge in [-0.3, -0.25) is 0 Å². The molecular weight excluding hydrogens is 247 g/mol. The molecule has 78 valence electrons. The third kappa shape index (κ3) is 2.77. The first-order valence-electron chi connectivity index (χ1n) is 4.56. The molecule has 4 heteroatoms. The van der Waals surface area contributed by atoms with Crippen molar-refractivity contribution in [2.75, 3.05) is 6.54 Å². The first-order valence-corrected chi connectivity index (χ1v) is 5.35. The monoisotopic (exact) mass is 260 g/mol. The van der Waals surface area contributed by atoms with Gasteiger partial charge in [0.25, 0.3) is 0 Å². The first-order chi connectivity index (χ1) is 6.66. The lowest BCUT2D eigenvalue weighted by Gasteiger charge is -2.12. The highest BCUT2D eigenvalue weighted by Crippen LogP contribution is 2.24. The summed E-state index contributed by atoms with van der Waals surface area (Å²) in [5.74, 6) is -0.267. The van der Waals surface area contributed by atoms with Crippen LogP contribution < -0.4 is 11.5 Å². The van der Waals surface area contributed by atoms with E-state index in [9.17, 15) is 4.39 Å². The average molecular weight is 261 g/mol. The van der Waals surface area contributed by atoms with E-state index in [1.807, 2.05) is 0 Å². The molecule has 0 aliphatic rings. The lowest BCUT2D eigenvalue weighted by atomic mass is 10.0. The standard InChI is InChI=1S/C10H14BrFN2/c11-8-4-1-3-7(10(8)12)9(14)5-2-6-13/h1,3-4,9H,2,5-6,13-14H2/t9-/m0/s1. The maximum atomic E-state index is 13.5. The zero-order chi connectivity index (χ0) is 10.6. The first kappa shape index (κ1) is 11.6. The number of hydrogen-bond donors (Lipinski definition) is 2. The molecule has 0 unspecified atom stereocenters. The molecule has 0 heterocycles. The molecule has 1 aromatic rings. The predicted octanol–water partition coefficient (Wildman–Crippen LogP) is 2.33. The van der Waals surface area contributed by atoms with Gasteiger partial charge in [0.2, 0.25) is 0 Å². The Labute approximate surface area is 91.6 Å². The molecular formula is C10H14BrFN2. The van der Waals surface area contributed by atoms with Crippen LogP contribution in [0.25, 0.3) is 0 Å². The van der Waals surface area contributed by atoms with E-state index in [1.165, 1.54) is 0 Å². The fourth-order valence-corrected chi connectivity index (χ4v) is 1.68. The zero-order valence-corrected chi connectivity index (χ0v) is 9.43. The Hall–Kier alpha value is -0.450. The smallest absolute Gasteiger partial charge is 0.142 e. The molecule has 0 bridgehead atoms. The number of halogens is 2. The van der Waals surface area contributed by atoms with Crippen LogP contribution in [-0.4, -0.2) is 6.54 Å². The van der Waals surface area contributed by atoms with Crippen LogP contribution in [-0.2, 0) is 0 Å². The van der Waals surface area contributed by atoms with Crippen LogP contribution in [0.2, 0.25) is 0 Å². The van der Waals surface area contributed by atoms with E-state index in [2.05, 4.69) is 15.9 Å². The minimum atomic E-state index is -0.268. The average Bonchev–Trinajstić information content (AvgIpc) is 2.18. The van der Waals surface area contributed by atoms with E-state index >= 15 is 0 Å². The fourth-order valence-electron chi connectivity index (χ4n) is 1.30. The van der Waals surface area contributed by atoms with Crippen LogP contribution in [0.4, 0.5) is 4.39 Å². The van der Waals surface area contributed by atoms with Gasteiger partial charge in [0, 0.05) is 11.6 Å². The van der Waals surface area contributed by atoms with Gasteiger partial charge in [-0.1, -0.05) is 12.1 Å². The Morgan fingerprint density at radius 1 is 1.43 bits per heavy atom. The molecule has 2 nitrogen and oxygen atoms in total. The molecule has 0 fully saturated rings. The summed E-state index contributed by atoms with van der Waals surface area (Å²) in [6.45, 7) is 0.587. The van der Waals surface area contributed by atoms with Crippen molar-refractivity contribution in [2.45, 2.75) is 18.9 Å².